The van der Waals surface area contributed by atoms with Crippen molar-refractivity contribution in [2.24, 2.45) is 0 Å². The predicted molar refractivity (Wildman–Crippen MR) is 120 cm³/mol. The van der Waals surface area contributed by atoms with Gasteiger partial charge in [-0.15, -0.1) is 11.3 Å². The van der Waals surface area contributed by atoms with Crippen molar-refractivity contribution in [3.63, 3.8) is 0 Å². The molecule has 10 heteroatoms. The van der Waals surface area contributed by atoms with Crippen LogP contribution in [0.1, 0.15) is 21.8 Å². The summed E-state index contributed by atoms with van der Waals surface area (Å²) in [6, 6.07) is 11.6. The number of carbonyl (C=O) groups is 1. The highest BCUT2D eigenvalue weighted by atomic mass is 32.2. The molecule has 0 unspecified atom stereocenters. The van der Waals surface area contributed by atoms with Gasteiger partial charge in [0.1, 0.15) is 9.92 Å². The Morgan fingerprint density at radius 1 is 1.25 bits per heavy atom. The van der Waals surface area contributed by atoms with Gasteiger partial charge in [0.15, 0.2) is 17.3 Å². The zero-order chi connectivity index (χ0) is 22.7. The molecule has 0 fully saturated rings. The normalized spacial score (nSPS) is 11.2. The van der Waals surface area contributed by atoms with Crippen LogP contribution in [0.5, 0.6) is 11.5 Å². The molecule has 166 valence electrons. The van der Waals surface area contributed by atoms with E-state index in [9.17, 15) is 13.6 Å². The number of benzene rings is 2. The third-order valence-electron chi connectivity index (χ3n) is 4.48. The molecule has 0 aliphatic heterocycles. The van der Waals surface area contributed by atoms with Crippen LogP contribution in [-0.2, 0) is 5.75 Å². The summed E-state index contributed by atoms with van der Waals surface area (Å²) in [6.45, 7) is -1.10. The average molecular weight is 477 g/mol. The Morgan fingerprint density at radius 3 is 2.78 bits per heavy atom. The topological polar surface area (TPSA) is 73.6 Å². The summed E-state index contributed by atoms with van der Waals surface area (Å²) < 4.78 is 41.7. The second-order valence-electron chi connectivity index (χ2n) is 6.65. The number of nitrogens with zero attached hydrogens (tertiary/aromatic N) is 1. The van der Waals surface area contributed by atoms with Gasteiger partial charge in [-0.25, -0.2) is 4.98 Å². The summed E-state index contributed by atoms with van der Waals surface area (Å²) >= 11 is 3.05. The van der Waals surface area contributed by atoms with Gasteiger partial charge in [-0.1, -0.05) is 30.0 Å². The van der Waals surface area contributed by atoms with Crippen molar-refractivity contribution in [1.29, 1.82) is 0 Å². The highest BCUT2D eigenvalue weighted by molar-refractivity contribution is 8.00. The number of rotatable bonds is 8. The summed E-state index contributed by atoms with van der Waals surface area (Å²) in [5, 5.41) is 5.48. The predicted octanol–water partition coefficient (Wildman–Crippen LogP) is 6.35. The van der Waals surface area contributed by atoms with E-state index in [-0.39, 0.29) is 22.9 Å². The molecule has 0 saturated carbocycles. The van der Waals surface area contributed by atoms with Gasteiger partial charge in [0.25, 0.3) is 5.91 Å². The van der Waals surface area contributed by atoms with Gasteiger partial charge in [-0.3, -0.25) is 4.79 Å². The first-order valence-electron chi connectivity index (χ1n) is 9.44. The summed E-state index contributed by atoms with van der Waals surface area (Å²) in [5.74, 6) is 0.0804. The standard InChI is InChI=1S/C22H18F2N2O4S2/c1-12-10-31-22(25-12)32-11-15-14-5-3-4-6-16(14)29-19(15)20(27)26-13-7-8-17(28-2)18(9-13)30-21(23)24/h3-10,21H,11H2,1-2H3,(H,26,27). The van der Waals surface area contributed by atoms with Crippen LogP contribution in [0.2, 0.25) is 0 Å². The number of thioether (sulfide) groups is 1. The number of carbonyl (C=O) groups excluding carboxylic acids is 1. The molecule has 0 saturated heterocycles. The van der Waals surface area contributed by atoms with E-state index in [0.717, 1.165) is 21.0 Å². The fourth-order valence-corrected chi connectivity index (χ4v) is 4.97. The van der Waals surface area contributed by atoms with Crippen LogP contribution in [0.4, 0.5) is 14.5 Å². The number of anilines is 1. The number of ether oxygens (including phenoxy) is 2. The molecule has 0 spiro atoms. The lowest BCUT2D eigenvalue weighted by Crippen LogP contribution is -2.13. The maximum Gasteiger partial charge on any atom is 0.387 e. The van der Waals surface area contributed by atoms with E-state index in [1.807, 2.05) is 30.5 Å². The second-order valence-corrected chi connectivity index (χ2v) is 8.73. The molecule has 4 aromatic rings. The van der Waals surface area contributed by atoms with Gasteiger partial charge in [0, 0.05) is 39.5 Å². The van der Waals surface area contributed by atoms with Crippen molar-refractivity contribution in [1.82, 2.24) is 4.98 Å². The first kappa shape index (κ1) is 22.1. The number of aryl methyl sites for hydroxylation is 1. The number of aromatic nitrogens is 1. The van der Waals surface area contributed by atoms with E-state index in [1.54, 1.807) is 6.07 Å². The second kappa shape index (κ2) is 9.58. The van der Waals surface area contributed by atoms with Crippen LogP contribution in [0.15, 0.2) is 56.6 Å². The van der Waals surface area contributed by atoms with Crippen molar-refractivity contribution in [2.45, 2.75) is 23.6 Å². The molecular weight excluding hydrogens is 458 g/mol. The molecule has 2 aromatic carbocycles. The van der Waals surface area contributed by atoms with Crippen LogP contribution >= 0.6 is 23.1 Å². The van der Waals surface area contributed by atoms with Crippen molar-refractivity contribution < 1.29 is 27.5 Å². The summed E-state index contributed by atoms with van der Waals surface area (Å²) in [6.07, 6.45) is 0. The molecule has 1 amide bonds. The number of furan rings is 1. The fraction of sp³-hybridized carbons (Fsp3) is 0.182. The van der Waals surface area contributed by atoms with E-state index < -0.39 is 12.5 Å². The zero-order valence-electron chi connectivity index (χ0n) is 17.1. The minimum Gasteiger partial charge on any atom is -0.493 e. The van der Waals surface area contributed by atoms with Gasteiger partial charge in [-0.05, 0) is 25.1 Å². The van der Waals surface area contributed by atoms with Crippen molar-refractivity contribution in [2.75, 3.05) is 12.4 Å². The Morgan fingerprint density at radius 2 is 2.06 bits per heavy atom. The number of hydrogen-bond acceptors (Lipinski definition) is 7. The van der Waals surface area contributed by atoms with Crippen LogP contribution in [0, 0.1) is 6.92 Å². The number of para-hydroxylation sites is 1. The molecule has 0 aliphatic rings. The van der Waals surface area contributed by atoms with E-state index >= 15 is 0 Å². The summed E-state index contributed by atoms with van der Waals surface area (Å²) in [4.78, 5) is 17.5. The molecule has 2 aromatic heterocycles. The van der Waals surface area contributed by atoms with Gasteiger partial charge >= 0.3 is 6.61 Å². The lowest BCUT2D eigenvalue weighted by molar-refractivity contribution is -0.0511. The SMILES string of the molecule is COc1ccc(NC(=O)c2oc3ccccc3c2CSc2nc(C)cs2)cc1OC(F)F. The minimum atomic E-state index is -3.02. The van der Waals surface area contributed by atoms with Crippen molar-refractivity contribution in [3.8, 4) is 11.5 Å². The van der Waals surface area contributed by atoms with Gasteiger partial charge < -0.3 is 19.2 Å². The minimum absolute atomic E-state index is 0.128. The number of hydrogen-bond donors (Lipinski definition) is 1. The maximum absolute atomic E-state index is 13.1. The summed E-state index contributed by atoms with van der Waals surface area (Å²) in [7, 11) is 1.34. The molecule has 6 nitrogen and oxygen atoms in total. The number of halogens is 2. The Bertz CT molecular complexity index is 1260. The number of amides is 1. The fourth-order valence-electron chi connectivity index (χ4n) is 3.09. The Kier molecular flexibility index (Phi) is 6.61. The van der Waals surface area contributed by atoms with Crippen LogP contribution in [0.25, 0.3) is 11.0 Å². The Hall–Kier alpha value is -3.11. The summed E-state index contributed by atoms with van der Waals surface area (Å²) in [5.41, 5.74) is 2.52. The Labute approximate surface area is 190 Å². The van der Waals surface area contributed by atoms with Gasteiger partial charge in [0.05, 0.1) is 7.11 Å². The molecule has 4 rings (SSSR count). The van der Waals surface area contributed by atoms with Crippen LogP contribution < -0.4 is 14.8 Å². The Balaban J connectivity index is 1.62. The van der Waals surface area contributed by atoms with Crippen molar-refractivity contribution in [3.05, 3.63) is 64.9 Å². The number of alkyl halides is 2. The first-order valence-corrected chi connectivity index (χ1v) is 11.3. The highest BCUT2D eigenvalue weighted by Gasteiger charge is 2.22. The third kappa shape index (κ3) is 4.86. The molecule has 2 heterocycles. The van der Waals surface area contributed by atoms with E-state index in [1.165, 1.54) is 48.4 Å². The van der Waals surface area contributed by atoms with Crippen molar-refractivity contribution >= 4 is 45.7 Å². The van der Waals surface area contributed by atoms with E-state index in [2.05, 4.69) is 15.0 Å². The molecule has 0 bridgehead atoms. The monoisotopic (exact) mass is 476 g/mol. The lowest BCUT2D eigenvalue weighted by Gasteiger charge is -2.12. The van der Waals surface area contributed by atoms with Crippen LogP contribution in [0.3, 0.4) is 0 Å². The average Bonchev–Trinajstić information content (AvgIpc) is 3.35. The number of fused-ring (bicyclic) bond motifs is 1. The highest BCUT2D eigenvalue weighted by Crippen LogP contribution is 2.35. The number of nitrogens with one attached hydrogen (secondary N) is 1. The van der Waals surface area contributed by atoms with E-state index in [4.69, 9.17) is 9.15 Å². The molecular formula is C22H18F2N2O4S2. The van der Waals surface area contributed by atoms with Crippen LogP contribution in [-0.4, -0.2) is 24.6 Å². The zero-order valence-corrected chi connectivity index (χ0v) is 18.7. The number of methoxy groups -OCH3 is 1. The molecule has 0 aliphatic carbocycles. The first-order chi connectivity index (χ1) is 15.4. The maximum atomic E-state index is 13.1. The van der Waals surface area contributed by atoms with E-state index in [0.29, 0.717) is 11.3 Å². The molecule has 0 radical (unpaired) electrons. The molecule has 1 N–H and O–H groups in total. The largest absolute Gasteiger partial charge is 0.493 e. The molecule has 0 atom stereocenters. The molecule has 32 heavy (non-hydrogen) atoms. The number of thiazole rings is 1. The quantitative estimate of drug-likeness (QED) is 0.299. The lowest BCUT2D eigenvalue weighted by atomic mass is 10.1. The smallest absolute Gasteiger partial charge is 0.387 e. The van der Waals surface area contributed by atoms with Gasteiger partial charge in [-0.2, -0.15) is 8.78 Å². The third-order valence-corrected chi connectivity index (χ3v) is 6.65. The van der Waals surface area contributed by atoms with Gasteiger partial charge in [0.2, 0.25) is 0 Å².